The summed E-state index contributed by atoms with van der Waals surface area (Å²) >= 11 is 0. The lowest BCUT2D eigenvalue weighted by Gasteiger charge is -2.32. The fourth-order valence-corrected chi connectivity index (χ4v) is 5.68. The van der Waals surface area contributed by atoms with Gasteiger partial charge in [-0.1, -0.05) is 6.42 Å². The Morgan fingerprint density at radius 1 is 1.09 bits per heavy atom. The molecule has 23 heavy (non-hydrogen) atoms. The first-order valence-electron chi connectivity index (χ1n) is 8.51. The zero-order chi connectivity index (χ0) is 15.7. The molecule has 1 heterocycles. The van der Waals surface area contributed by atoms with Crippen LogP contribution in [-0.2, 0) is 14.8 Å². The van der Waals surface area contributed by atoms with E-state index < -0.39 is 10.0 Å². The van der Waals surface area contributed by atoms with Crippen molar-refractivity contribution in [3.05, 3.63) is 0 Å². The number of halogens is 1. The molecule has 1 amide bonds. The molecule has 3 rings (SSSR count). The predicted molar refractivity (Wildman–Crippen MR) is 91.8 cm³/mol. The number of rotatable bonds is 5. The van der Waals surface area contributed by atoms with E-state index in [2.05, 4.69) is 5.32 Å². The van der Waals surface area contributed by atoms with Crippen LogP contribution in [0.3, 0.4) is 0 Å². The van der Waals surface area contributed by atoms with Crippen molar-refractivity contribution in [2.75, 3.05) is 19.6 Å². The van der Waals surface area contributed by atoms with Gasteiger partial charge in [0.2, 0.25) is 15.9 Å². The van der Waals surface area contributed by atoms with Gasteiger partial charge in [-0.05, 0) is 51.0 Å². The van der Waals surface area contributed by atoms with Gasteiger partial charge in [0.1, 0.15) is 0 Å². The van der Waals surface area contributed by atoms with E-state index in [9.17, 15) is 13.2 Å². The first-order chi connectivity index (χ1) is 10.5. The van der Waals surface area contributed by atoms with Crippen LogP contribution in [0, 0.1) is 11.8 Å². The molecule has 3 aliphatic rings. The second kappa shape index (κ2) is 7.68. The average Bonchev–Trinajstić information content (AvgIpc) is 3.26. The second-order valence-electron chi connectivity index (χ2n) is 6.96. The molecule has 134 valence electrons. The lowest BCUT2D eigenvalue weighted by atomic mass is 9.94. The van der Waals surface area contributed by atoms with Crippen LogP contribution in [0.25, 0.3) is 0 Å². The third-order valence-corrected chi connectivity index (χ3v) is 7.80. The van der Waals surface area contributed by atoms with E-state index >= 15 is 0 Å². The first kappa shape index (κ1) is 19.0. The number of hydrogen-bond acceptors (Lipinski definition) is 4. The highest BCUT2D eigenvalue weighted by molar-refractivity contribution is 7.90. The SMILES string of the molecule is Cl.NC[C@H]1CCC[C@H]1C(=O)NC1CCN(S(=O)(=O)C2CC2)CC1. The number of carbonyl (C=O) groups is 1. The first-order valence-corrected chi connectivity index (χ1v) is 10.0. The number of nitrogens with two attached hydrogens (primary N) is 1. The van der Waals surface area contributed by atoms with Crippen molar-refractivity contribution in [3.8, 4) is 0 Å². The Bertz CT molecular complexity index is 516. The minimum Gasteiger partial charge on any atom is -0.353 e. The summed E-state index contributed by atoms with van der Waals surface area (Å²) in [6.07, 6.45) is 6.12. The summed E-state index contributed by atoms with van der Waals surface area (Å²) in [5, 5.41) is 2.99. The summed E-state index contributed by atoms with van der Waals surface area (Å²) in [6, 6.07) is 0.108. The number of hydrogen-bond donors (Lipinski definition) is 2. The third kappa shape index (κ3) is 4.18. The van der Waals surface area contributed by atoms with Crippen LogP contribution >= 0.6 is 12.4 Å². The molecule has 0 aromatic carbocycles. The van der Waals surface area contributed by atoms with Crippen LogP contribution in [0.4, 0.5) is 0 Å². The highest BCUT2D eigenvalue weighted by Gasteiger charge is 2.41. The van der Waals surface area contributed by atoms with E-state index in [-0.39, 0.29) is 35.5 Å². The Labute approximate surface area is 145 Å². The molecule has 2 aliphatic carbocycles. The standard InChI is InChI=1S/C15H27N3O3S.ClH/c16-10-11-2-1-3-14(11)15(19)17-12-6-8-18(9-7-12)22(20,21)13-4-5-13;/h11-14H,1-10,16H2,(H,17,19);1H/t11-,14-;/m1./s1. The highest BCUT2D eigenvalue weighted by atomic mass is 35.5. The largest absolute Gasteiger partial charge is 0.353 e. The molecule has 1 saturated heterocycles. The second-order valence-corrected chi connectivity index (χ2v) is 9.17. The molecular weight excluding hydrogens is 338 g/mol. The van der Waals surface area contributed by atoms with Crippen molar-refractivity contribution in [3.63, 3.8) is 0 Å². The van der Waals surface area contributed by atoms with Crippen molar-refractivity contribution < 1.29 is 13.2 Å². The Balaban J connectivity index is 0.00000192. The van der Waals surface area contributed by atoms with Gasteiger partial charge < -0.3 is 11.1 Å². The van der Waals surface area contributed by atoms with Crippen LogP contribution < -0.4 is 11.1 Å². The molecule has 0 aromatic heterocycles. The maximum absolute atomic E-state index is 12.4. The molecule has 3 N–H and O–H groups in total. The third-order valence-electron chi connectivity index (χ3n) is 5.40. The van der Waals surface area contributed by atoms with Gasteiger partial charge in [0.15, 0.2) is 0 Å². The minimum atomic E-state index is -3.07. The van der Waals surface area contributed by atoms with Crippen molar-refractivity contribution in [1.82, 2.24) is 9.62 Å². The van der Waals surface area contributed by atoms with Crippen molar-refractivity contribution >= 4 is 28.3 Å². The van der Waals surface area contributed by atoms with E-state index in [1.807, 2.05) is 0 Å². The fraction of sp³-hybridized carbons (Fsp3) is 0.933. The maximum Gasteiger partial charge on any atom is 0.223 e. The molecule has 0 radical (unpaired) electrons. The van der Waals surface area contributed by atoms with Crippen LogP contribution in [0.1, 0.15) is 44.9 Å². The Morgan fingerprint density at radius 2 is 1.74 bits per heavy atom. The molecule has 0 aromatic rings. The van der Waals surface area contributed by atoms with E-state index in [1.165, 1.54) is 0 Å². The van der Waals surface area contributed by atoms with Gasteiger partial charge in [-0.15, -0.1) is 12.4 Å². The van der Waals surface area contributed by atoms with Gasteiger partial charge in [0.25, 0.3) is 0 Å². The molecule has 1 aliphatic heterocycles. The number of piperidine rings is 1. The number of sulfonamides is 1. The summed E-state index contributed by atoms with van der Waals surface area (Å²) in [6.45, 7) is 1.65. The van der Waals surface area contributed by atoms with E-state index in [4.69, 9.17) is 5.73 Å². The zero-order valence-corrected chi connectivity index (χ0v) is 15.1. The molecule has 2 saturated carbocycles. The van der Waals surface area contributed by atoms with Gasteiger partial charge in [0.05, 0.1) is 5.25 Å². The van der Waals surface area contributed by atoms with E-state index in [1.54, 1.807) is 4.31 Å². The van der Waals surface area contributed by atoms with Crippen molar-refractivity contribution in [2.45, 2.75) is 56.2 Å². The summed E-state index contributed by atoms with van der Waals surface area (Å²) in [5.41, 5.74) is 5.74. The van der Waals surface area contributed by atoms with Gasteiger partial charge >= 0.3 is 0 Å². The minimum absolute atomic E-state index is 0. The molecule has 8 heteroatoms. The molecule has 3 fully saturated rings. The van der Waals surface area contributed by atoms with Gasteiger partial charge in [-0.3, -0.25) is 4.79 Å². The van der Waals surface area contributed by atoms with Gasteiger partial charge in [-0.25, -0.2) is 12.7 Å². The predicted octanol–water partition coefficient (Wildman–Crippen LogP) is 0.856. The van der Waals surface area contributed by atoms with Crippen LogP contribution in [0.15, 0.2) is 0 Å². The van der Waals surface area contributed by atoms with Crippen molar-refractivity contribution in [1.29, 1.82) is 0 Å². The molecular formula is C15H28ClN3O3S. The van der Waals surface area contributed by atoms with E-state index in [0.29, 0.717) is 25.6 Å². The average molecular weight is 366 g/mol. The Kier molecular flexibility index (Phi) is 6.33. The topological polar surface area (TPSA) is 92.5 Å². The van der Waals surface area contributed by atoms with Gasteiger partial charge in [-0.2, -0.15) is 0 Å². The smallest absolute Gasteiger partial charge is 0.223 e. The highest BCUT2D eigenvalue weighted by Crippen LogP contribution is 2.33. The Hall–Kier alpha value is -0.370. The number of amides is 1. The fourth-order valence-electron chi connectivity index (χ4n) is 3.80. The summed E-state index contributed by atoms with van der Waals surface area (Å²) < 4.78 is 26.0. The van der Waals surface area contributed by atoms with Crippen LogP contribution in [0.5, 0.6) is 0 Å². The number of nitrogens with zero attached hydrogens (tertiary/aromatic N) is 1. The van der Waals surface area contributed by atoms with Crippen molar-refractivity contribution in [2.24, 2.45) is 17.6 Å². The lowest BCUT2D eigenvalue weighted by molar-refractivity contribution is -0.126. The number of nitrogens with one attached hydrogen (secondary N) is 1. The summed E-state index contributed by atoms with van der Waals surface area (Å²) in [4.78, 5) is 12.4. The molecule has 6 nitrogen and oxygen atoms in total. The van der Waals surface area contributed by atoms with Gasteiger partial charge in [0, 0.05) is 25.0 Å². The van der Waals surface area contributed by atoms with Crippen LogP contribution in [0.2, 0.25) is 0 Å². The normalized spacial score (nSPS) is 30.0. The lowest BCUT2D eigenvalue weighted by Crippen LogP contribution is -2.49. The summed E-state index contributed by atoms with van der Waals surface area (Å²) in [5.74, 6) is 0.491. The molecule has 0 spiro atoms. The maximum atomic E-state index is 12.4. The summed E-state index contributed by atoms with van der Waals surface area (Å²) in [7, 11) is -3.07. The molecule has 0 bridgehead atoms. The quantitative estimate of drug-likeness (QED) is 0.755. The van der Waals surface area contributed by atoms with E-state index in [0.717, 1.165) is 44.9 Å². The zero-order valence-electron chi connectivity index (χ0n) is 13.4. The monoisotopic (exact) mass is 365 g/mol. The van der Waals surface area contributed by atoms with Crippen LogP contribution in [-0.4, -0.2) is 49.6 Å². The molecule has 0 unspecified atom stereocenters. The Morgan fingerprint density at radius 3 is 2.30 bits per heavy atom. The molecule has 2 atom stereocenters. The number of carbonyl (C=O) groups excluding carboxylic acids is 1.